The maximum atomic E-state index is 11.3. The van der Waals surface area contributed by atoms with E-state index in [1.165, 1.54) is 12.5 Å². The molecule has 0 aliphatic rings. The Kier molecular flexibility index (Phi) is 4.60. The zero-order chi connectivity index (χ0) is 13.6. The molecule has 0 atom stereocenters. The Labute approximate surface area is 106 Å². The predicted octanol–water partition coefficient (Wildman–Crippen LogP) is 1.65. The monoisotopic (exact) mass is 248 g/mol. The van der Waals surface area contributed by atoms with Crippen molar-refractivity contribution in [1.82, 2.24) is 9.97 Å². The Hall–Kier alpha value is -2.16. The van der Waals surface area contributed by atoms with Crippen LogP contribution in [0.2, 0.25) is 0 Å². The number of anilines is 1. The first-order chi connectivity index (χ1) is 8.59. The van der Waals surface area contributed by atoms with Gasteiger partial charge >= 0.3 is 5.97 Å². The highest BCUT2D eigenvalue weighted by Crippen LogP contribution is 2.27. The van der Waals surface area contributed by atoms with Gasteiger partial charge in [-0.1, -0.05) is 13.8 Å². The average molecular weight is 248 g/mol. The van der Waals surface area contributed by atoms with E-state index in [0.717, 1.165) is 0 Å². The van der Waals surface area contributed by atoms with Crippen LogP contribution >= 0.6 is 0 Å². The van der Waals surface area contributed by atoms with Crippen molar-refractivity contribution in [2.24, 2.45) is 5.41 Å². The lowest BCUT2D eigenvalue weighted by molar-refractivity contribution is -0.148. The number of nitriles is 1. The zero-order valence-electron chi connectivity index (χ0n) is 10.5. The van der Waals surface area contributed by atoms with Crippen molar-refractivity contribution in [3.8, 4) is 6.07 Å². The van der Waals surface area contributed by atoms with Gasteiger partial charge in [0.15, 0.2) is 0 Å². The van der Waals surface area contributed by atoms with Crippen LogP contribution in [0.4, 0.5) is 5.82 Å². The molecule has 96 valence electrons. The van der Waals surface area contributed by atoms with E-state index in [-0.39, 0.29) is 6.54 Å². The fraction of sp³-hybridized carbons (Fsp3) is 0.500. The average Bonchev–Trinajstić information content (AvgIpc) is 2.40. The van der Waals surface area contributed by atoms with Crippen LogP contribution < -0.4 is 5.32 Å². The third kappa shape index (κ3) is 2.74. The third-order valence-corrected chi connectivity index (χ3v) is 3.23. The highest BCUT2D eigenvalue weighted by molar-refractivity contribution is 5.75. The highest BCUT2D eigenvalue weighted by Gasteiger charge is 2.34. The minimum atomic E-state index is -0.840. The topological polar surface area (TPSA) is 98.9 Å². The first-order valence-corrected chi connectivity index (χ1v) is 5.77. The minimum absolute atomic E-state index is 0.237. The predicted molar refractivity (Wildman–Crippen MR) is 65.9 cm³/mol. The second-order valence-corrected chi connectivity index (χ2v) is 4.04. The van der Waals surface area contributed by atoms with E-state index in [0.29, 0.717) is 24.2 Å². The standard InChI is InChI=1S/C12H16N4O2/c1-3-12(4-2,11(17)18)7-15-10-9(5-13)6-14-8-16-10/h6,8H,3-4,7H2,1-2H3,(H,17,18)(H,14,15,16). The molecule has 6 nitrogen and oxygen atoms in total. The van der Waals surface area contributed by atoms with Crippen LogP contribution in [-0.2, 0) is 4.79 Å². The Balaban J connectivity index is 2.86. The molecule has 0 bridgehead atoms. The molecule has 18 heavy (non-hydrogen) atoms. The molecule has 1 heterocycles. The molecule has 0 saturated heterocycles. The number of hydrogen-bond acceptors (Lipinski definition) is 5. The summed E-state index contributed by atoms with van der Waals surface area (Å²) < 4.78 is 0. The summed E-state index contributed by atoms with van der Waals surface area (Å²) in [5.74, 6) is -0.465. The number of aromatic nitrogens is 2. The van der Waals surface area contributed by atoms with Crippen LogP contribution in [0.3, 0.4) is 0 Å². The lowest BCUT2D eigenvalue weighted by Crippen LogP contribution is -2.37. The lowest BCUT2D eigenvalue weighted by atomic mass is 9.82. The maximum absolute atomic E-state index is 11.3. The summed E-state index contributed by atoms with van der Waals surface area (Å²) in [6.45, 7) is 3.91. The van der Waals surface area contributed by atoms with Gasteiger partial charge in [-0.25, -0.2) is 9.97 Å². The summed E-state index contributed by atoms with van der Waals surface area (Å²) in [4.78, 5) is 19.0. The van der Waals surface area contributed by atoms with Gasteiger partial charge in [0.05, 0.1) is 11.6 Å². The maximum Gasteiger partial charge on any atom is 0.311 e. The van der Waals surface area contributed by atoms with Crippen molar-refractivity contribution in [1.29, 1.82) is 5.26 Å². The molecule has 1 aromatic heterocycles. The molecular formula is C12H16N4O2. The summed E-state index contributed by atoms with van der Waals surface area (Å²) in [6, 6.07) is 1.96. The summed E-state index contributed by atoms with van der Waals surface area (Å²) in [5, 5.41) is 21.1. The summed E-state index contributed by atoms with van der Waals surface area (Å²) >= 11 is 0. The van der Waals surface area contributed by atoms with Crippen LogP contribution in [0.5, 0.6) is 0 Å². The molecule has 0 aromatic carbocycles. The molecule has 0 amide bonds. The van der Waals surface area contributed by atoms with Crippen molar-refractivity contribution < 1.29 is 9.90 Å². The minimum Gasteiger partial charge on any atom is -0.481 e. The fourth-order valence-electron chi connectivity index (χ4n) is 1.68. The van der Waals surface area contributed by atoms with E-state index >= 15 is 0 Å². The van der Waals surface area contributed by atoms with Crippen LogP contribution in [0.25, 0.3) is 0 Å². The van der Waals surface area contributed by atoms with Crippen molar-refractivity contribution in [3.05, 3.63) is 18.1 Å². The van der Waals surface area contributed by atoms with Gasteiger partial charge in [0.2, 0.25) is 0 Å². The highest BCUT2D eigenvalue weighted by atomic mass is 16.4. The second kappa shape index (κ2) is 5.96. The summed E-state index contributed by atoms with van der Waals surface area (Å²) in [7, 11) is 0. The number of carboxylic acids is 1. The number of carboxylic acid groups (broad SMARTS) is 1. The van der Waals surface area contributed by atoms with Gasteiger partial charge in [0.1, 0.15) is 23.8 Å². The van der Waals surface area contributed by atoms with Gasteiger partial charge in [-0.2, -0.15) is 5.26 Å². The molecule has 0 aliphatic carbocycles. The third-order valence-electron chi connectivity index (χ3n) is 3.23. The summed E-state index contributed by atoms with van der Waals surface area (Å²) in [5.41, 5.74) is -0.526. The molecule has 1 rings (SSSR count). The number of aliphatic carboxylic acids is 1. The van der Waals surface area contributed by atoms with Gasteiger partial charge in [-0.3, -0.25) is 4.79 Å². The second-order valence-electron chi connectivity index (χ2n) is 4.04. The van der Waals surface area contributed by atoms with Crippen molar-refractivity contribution in [3.63, 3.8) is 0 Å². The van der Waals surface area contributed by atoms with Crippen LogP contribution in [0.15, 0.2) is 12.5 Å². The van der Waals surface area contributed by atoms with Crippen LogP contribution in [-0.4, -0.2) is 27.6 Å². The zero-order valence-corrected chi connectivity index (χ0v) is 10.5. The molecule has 0 radical (unpaired) electrons. The Bertz CT molecular complexity index is 463. The number of nitrogens with zero attached hydrogens (tertiary/aromatic N) is 3. The number of nitrogens with one attached hydrogen (secondary N) is 1. The molecule has 1 aromatic rings. The van der Waals surface area contributed by atoms with Crippen molar-refractivity contribution in [2.75, 3.05) is 11.9 Å². The first-order valence-electron chi connectivity index (χ1n) is 5.77. The van der Waals surface area contributed by atoms with E-state index < -0.39 is 11.4 Å². The largest absolute Gasteiger partial charge is 0.481 e. The van der Waals surface area contributed by atoms with Gasteiger partial charge in [0.25, 0.3) is 0 Å². The van der Waals surface area contributed by atoms with Gasteiger partial charge in [-0.15, -0.1) is 0 Å². The van der Waals surface area contributed by atoms with Crippen molar-refractivity contribution in [2.45, 2.75) is 26.7 Å². The summed E-state index contributed by atoms with van der Waals surface area (Å²) in [6.07, 6.45) is 3.75. The van der Waals surface area contributed by atoms with E-state index in [9.17, 15) is 9.90 Å². The lowest BCUT2D eigenvalue weighted by Gasteiger charge is -2.27. The smallest absolute Gasteiger partial charge is 0.311 e. The van der Waals surface area contributed by atoms with Gasteiger partial charge < -0.3 is 10.4 Å². The van der Waals surface area contributed by atoms with Gasteiger partial charge in [0, 0.05) is 6.54 Å². The molecule has 6 heteroatoms. The van der Waals surface area contributed by atoms with E-state index in [4.69, 9.17) is 5.26 Å². The van der Waals surface area contributed by atoms with Crippen LogP contribution in [0, 0.1) is 16.7 Å². The fourth-order valence-corrected chi connectivity index (χ4v) is 1.68. The Morgan fingerprint density at radius 2 is 2.22 bits per heavy atom. The van der Waals surface area contributed by atoms with E-state index in [1.807, 2.05) is 19.9 Å². The molecule has 0 unspecified atom stereocenters. The van der Waals surface area contributed by atoms with Crippen LogP contribution in [0.1, 0.15) is 32.3 Å². The SMILES string of the molecule is CCC(CC)(CNc1ncncc1C#N)C(=O)O. The Morgan fingerprint density at radius 3 is 2.72 bits per heavy atom. The quantitative estimate of drug-likeness (QED) is 0.794. The number of rotatable bonds is 6. The molecular weight excluding hydrogens is 232 g/mol. The first kappa shape index (κ1) is 13.9. The molecule has 0 spiro atoms. The van der Waals surface area contributed by atoms with E-state index in [1.54, 1.807) is 0 Å². The van der Waals surface area contributed by atoms with E-state index in [2.05, 4.69) is 15.3 Å². The number of carbonyl (C=O) groups is 1. The van der Waals surface area contributed by atoms with Crippen molar-refractivity contribution >= 4 is 11.8 Å². The normalized spacial score (nSPS) is 10.7. The molecule has 2 N–H and O–H groups in total. The number of hydrogen-bond donors (Lipinski definition) is 2. The molecule has 0 saturated carbocycles. The Morgan fingerprint density at radius 1 is 1.56 bits per heavy atom. The molecule has 0 fully saturated rings. The van der Waals surface area contributed by atoms with Gasteiger partial charge in [-0.05, 0) is 12.8 Å². The molecule has 0 aliphatic heterocycles.